The number of nitrogens with zero attached hydrogens (tertiary/aromatic N) is 1. The van der Waals surface area contributed by atoms with Crippen LogP contribution in [-0.4, -0.2) is 44.3 Å². The van der Waals surface area contributed by atoms with E-state index in [1.807, 2.05) is 0 Å². The summed E-state index contributed by atoms with van der Waals surface area (Å²) in [5.74, 6) is -1.44. The van der Waals surface area contributed by atoms with Crippen molar-refractivity contribution in [1.29, 1.82) is 0 Å². The van der Waals surface area contributed by atoms with E-state index in [9.17, 15) is 26.8 Å². The molecule has 0 radical (unpaired) electrons. The third-order valence-corrected chi connectivity index (χ3v) is 7.50. The number of amides is 2. The van der Waals surface area contributed by atoms with Gasteiger partial charge in [0.15, 0.2) is 6.61 Å². The van der Waals surface area contributed by atoms with Crippen LogP contribution in [0.3, 0.4) is 0 Å². The number of carbonyl (C=O) groups is 2. The van der Waals surface area contributed by atoms with Crippen molar-refractivity contribution in [3.8, 4) is 5.75 Å². The first kappa shape index (κ1) is 30.6. The van der Waals surface area contributed by atoms with Gasteiger partial charge in [-0.25, -0.2) is 17.2 Å². The second-order valence-corrected chi connectivity index (χ2v) is 10.9. The first-order valence-corrected chi connectivity index (χ1v) is 14.4. The summed E-state index contributed by atoms with van der Waals surface area (Å²) in [6, 6.07) is 15.2. The van der Waals surface area contributed by atoms with Crippen molar-refractivity contribution >= 4 is 27.5 Å². The molecule has 0 spiro atoms. The van der Waals surface area contributed by atoms with Crippen LogP contribution in [0, 0.1) is 11.6 Å². The Kier molecular flexibility index (Phi) is 11.0. The highest BCUT2D eigenvalue weighted by atomic mass is 32.2. The van der Waals surface area contributed by atoms with Crippen LogP contribution in [0.1, 0.15) is 38.7 Å². The summed E-state index contributed by atoms with van der Waals surface area (Å²) >= 11 is 0. The minimum Gasteiger partial charge on any atom is -0.484 e. The lowest BCUT2D eigenvalue weighted by Crippen LogP contribution is -2.49. The predicted molar refractivity (Wildman–Crippen MR) is 148 cm³/mol. The number of nitrogens with one attached hydrogen (secondary N) is 2. The Bertz CT molecular complexity index is 1370. The third-order valence-electron chi connectivity index (χ3n) is 6.11. The molecule has 0 aliphatic rings. The van der Waals surface area contributed by atoms with Gasteiger partial charge in [-0.3, -0.25) is 14.3 Å². The maximum Gasteiger partial charge on any atom is 0.261 e. The number of benzene rings is 3. The molecule has 11 heteroatoms. The van der Waals surface area contributed by atoms with Crippen molar-refractivity contribution in [2.24, 2.45) is 0 Å². The van der Waals surface area contributed by atoms with Gasteiger partial charge in [-0.1, -0.05) is 31.9 Å². The molecule has 0 aliphatic carbocycles. The largest absolute Gasteiger partial charge is 0.484 e. The Hall–Kier alpha value is -3.99. The first-order chi connectivity index (χ1) is 19.1. The van der Waals surface area contributed by atoms with Crippen molar-refractivity contribution in [3.63, 3.8) is 0 Å². The molecule has 214 valence electrons. The van der Waals surface area contributed by atoms with Gasteiger partial charge < -0.3 is 15.0 Å². The molecule has 0 aromatic heterocycles. The average molecular weight is 574 g/mol. The monoisotopic (exact) mass is 573 g/mol. The normalized spacial score (nSPS) is 11.9. The van der Waals surface area contributed by atoms with Crippen molar-refractivity contribution < 1.29 is 31.5 Å². The van der Waals surface area contributed by atoms with Gasteiger partial charge in [0.25, 0.3) is 15.9 Å². The first-order valence-electron chi connectivity index (χ1n) is 12.9. The van der Waals surface area contributed by atoms with Crippen molar-refractivity contribution in [2.45, 2.75) is 50.6 Å². The van der Waals surface area contributed by atoms with E-state index in [-0.39, 0.29) is 28.8 Å². The van der Waals surface area contributed by atoms with Gasteiger partial charge in [-0.05, 0) is 79.6 Å². The molecular formula is C29H33F2N3O5S. The zero-order valence-corrected chi connectivity index (χ0v) is 23.2. The Morgan fingerprint density at radius 1 is 0.900 bits per heavy atom. The third kappa shape index (κ3) is 9.04. The molecule has 0 saturated carbocycles. The molecule has 0 unspecified atom stereocenters. The van der Waals surface area contributed by atoms with Crippen molar-refractivity contribution in [1.82, 2.24) is 10.2 Å². The number of carbonyl (C=O) groups excluding carboxylic acids is 2. The van der Waals surface area contributed by atoms with Gasteiger partial charge in [-0.2, -0.15) is 0 Å². The van der Waals surface area contributed by atoms with Crippen molar-refractivity contribution in [3.05, 3.63) is 90.0 Å². The zero-order valence-electron chi connectivity index (χ0n) is 22.4. The molecule has 0 aliphatic heterocycles. The molecule has 2 amide bonds. The maximum absolute atomic E-state index is 13.4. The molecular weight excluding hydrogens is 540 g/mol. The van der Waals surface area contributed by atoms with Gasteiger partial charge in [0.2, 0.25) is 5.91 Å². The summed E-state index contributed by atoms with van der Waals surface area (Å²) in [5.41, 5.74) is 0.848. The lowest BCUT2D eigenvalue weighted by molar-refractivity contribution is -0.142. The lowest BCUT2D eigenvalue weighted by Gasteiger charge is -2.28. The SMILES string of the molecule is CCCCCNC(=O)[C@@H](C)N(Cc1ccc(F)cc1)C(=O)COc1ccc(S(=O)(=O)Nc2ccc(F)cc2)cc1. The summed E-state index contributed by atoms with van der Waals surface area (Å²) in [7, 11) is -3.93. The maximum atomic E-state index is 13.4. The van der Waals surface area contributed by atoms with Gasteiger partial charge in [-0.15, -0.1) is 0 Å². The van der Waals surface area contributed by atoms with Gasteiger partial charge in [0.1, 0.15) is 23.4 Å². The standard InChI is InChI=1S/C29H33F2N3O5S/c1-3-4-5-18-32-29(36)21(2)34(19-22-6-8-23(30)9-7-22)28(35)20-39-26-14-16-27(17-15-26)40(37,38)33-25-12-10-24(31)11-13-25/h6-17,21,33H,3-5,18-20H2,1-2H3,(H,32,36)/t21-/m1/s1. The van der Waals surface area contributed by atoms with E-state index in [0.717, 1.165) is 31.4 Å². The highest BCUT2D eigenvalue weighted by Gasteiger charge is 2.26. The molecule has 3 rings (SSSR count). The highest BCUT2D eigenvalue weighted by Crippen LogP contribution is 2.20. The molecule has 2 N–H and O–H groups in total. The summed E-state index contributed by atoms with van der Waals surface area (Å²) < 4.78 is 59.7. The molecule has 3 aromatic rings. The van der Waals surface area contributed by atoms with Crippen LogP contribution in [0.2, 0.25) is 0 Å². The fraction of sp³-hybridized carbons (Fsp3) is 0.310. The van der Waals surface area contributed by atoms with E-state index >= 15 is 0 Å². The summed E-state index contributed by atoms with van der Waals surface area (Å²) in [5, 5.41) is 2.85. The molecule has 0 heterocycles. The quantitative estimate of drug-likeness (QED) is 0.268. The number of ether oxygens (including phenoxy) is 1. The van der Waals surface area contributed by atoms with Gasteiger partial charge in [0.05, 0.1) is 4.90 Å². The van der Waals surface area contributed by atoms with E-state index in [2.05, 4.69) is 17.0 Å². The summed E-state index contributed by atoms with van der Waals surface area (Å²) in [6.07, 6.45) is 2.81. The minimum absolute atomic E-state index is 0.0539. The second-order valence-electron chi connectivity index (χ2n) is 9.19. The van der Waals surface area contributed by atoms with Crippen LogP contribution in [0.4, 0.5) is 14.5 Å². The zero-order chi connectivity index (χ0) is 29.1. The van der Waals surface area contributed by atoms with E-state index in [4.69, 9.17) is 4.74 Å². The minimum atomic E-state index is -3.93. The topological polar surface area (TPSA) is 105 Å². The van der Waals surface area contributed by atoms with Crippen LogP contribution < -0.4 is 14.8 Å². The average Bonchev–Trinajstić information content (AvgIpc) is 2.94. The van der Waals surface area contributed by atoms with Gasteiger partial charge in [0, 0.05) is 18.8 Å². The second kappa shape index (κ2) is 14.4. The van der Waals surface area contributed by atoms with Crippen LogP contribution in [-0.2, 0) is 26.2 Å². The van der Waals surface area contributed by atoms with Crippen LogP contribution in [0.25, 0.3) is 0 Å². The molecule has 0 saturated heterocycles. The lowest BCUT2D eigenvalue weighted by atomic mass is 10.1. The van der Waals surface area contributed by atoms with Crippen LogP contribution >= 0.6 is 0 Å². The van der Waals surface area contributed by atoms with Crippen molar-refractivity contribution in [2.75, 3.05) is 17.9 Å². The van der Waals surface area contributed by atoms with Crippen LogP contribution in [0.15, 0.2) is 77.7 Å². The van der Waals surface area contributed by atoms with E-state index < -0.39 is 40.2 Å². The Morgan fingerprint density at radius 2 is 1.50 bits per heavy atom. The molecule has 40 heavy (non-hydrogen) atoms. The Balaban J connectivity index is 1.66. The molecule has 0 bridgehead atoms. The number of halogens is 2. The molecule has 8 nitrogen and oxygen atoms in total. The van der Waals surface area contributed by atoms with Gasteiger partial charge >= 0.3 is 0 Å². The smallest absolute Gasteiger partial charge is 0.261 e. The van der Waals surface area contributed by atoms with Crippen LogP contribution in [0.5, 0.6) is 5.75 Å². The fourth-order valence-electron chi connectivity index (χ4n) is 3.78. The van der Waals surface area contributed by atoms with E-state index in [1.54, 1.807) is 19.1 Å². The number of hydrogen-bond acceptors (Lipinski definition) is 5. The number of rotatable bonds is 14. The number of hydrogen-bond donors (Lipinski definition) is 2. The summed E-state index contributed by atoms with van der Waals surface area (Å²) in [6.45, 7) is 3.83. The van der Waals surface area contributed by atoms with E-state index in [1.165, 1.54) is 53.4 Å². The van der Waals surface area contributed by atoms with E-state index in [0.29, 0.717) is 12.1 Å². The molecule has 0 fully saturated rings. The highest BCUT2D eigenvalue weighted by molar-refractivity contribution is 7.92. The predicted octanol–water partition coefficient (Wildman–Crippen LogP) is 4.87. The number of unbranched alkanes of at least 4 members (excludes halogenated alkanes) is 2. The Labute approximate surface area is 233 Å². The summed E-state index contributed by atoms with van der Waals surface area (Å²) in [4.78, 5) is 27.2. The Morgan fingerprint density at radius 3 is 2.10 bits per heavy atom. The fourth-order valence-corrected chi connectivity index (χ4v) is 4.84. The number of anilines is 1. The number of sulfonamides is 1. The molecule has 3 aromatic carbocycles. The molecule has 1 atom stereocenters.